The summed E-state index contributed by atoms with van der Waals surface area (Å²) in [6.45, 7) is 2.96. The van der Waals surface area contributed by atoms with Gasteiger partial charge in [-0.05, 0) is 37.6 Å². The molecule has 1 aromatic carbocycles. The maximum absolute atomic E-state index is 11.4. The second kappa shape index (κ2) is 9.03. The van der Waals surface area contributed by atoms with E-state index in [4.69, 9.17) is 14.2 Å². The first kappa shape index (κ1) is 15.1. The van der Waals surface area contributed by atoms with Crippen molar-refractivity contribution in [1.29, 1.82) is 0 Å². The van der Waals surface area contributed by atoms with E-state index in [1.165, 1.54) is 12.3 Å². The number of ketones is 1. The number of allylic oxidation sites excluding steroid dienone is 1. The standard InChI is InChI=1S/C15H20O4/c1-3-18-12-10-13(16)5-4-11-19-15-8-6-14(17-2)7-9-15/h6-10,12H,3-5,11H2,1-2H3/b12-10-. The van der Waals surface area contributed by atoms with Crippen LogP contribution in [-0.2, 0) is 9.53 Å². The lowest BCUT2D eigenvalue weighted by molar-refractivity contribution is -0.114. The lowest BCUT2D eigenvalue weighted by Crippen LogP contribution is -2.01. The molecule has 104 valence electrons. The predicted octanol–water partition coefficient (Wildman–Crippen LogP) is 2.97. The van der Waals surface area contributed by atoms with E-state index in [0.717, 1.165) is 11.5 Å². The van der Waals surface area contributed by atoms with Gasteiger partial charge in [0, 0.05) is 12.5 Å². The number of hydrogen-bond acceptors (Lipinski definition) is 4. The van der Waals surface area contributed by atoms with Crippen LogP contribution in [0.25, 0.3) is 0 Å². The van der Waals surface area contributed by atoms with Crippen molar-refractivity contribution in [2.24, 2.45) is 0 Å². The lowest BCUT2D eigenvalue weighted by Gasteiger charge is -2.06. The lowest BCUT2D eigenvalue weighted by atomic mass is 10.2. The van der Waals surface area contributed by atoms with Crippen molar-refractivity contribution < 1.29 is 19.0 Å². The minimum absolute atomic E-state index is 0.0479. The molecule has 1 aromatic rings. The number of ether oxygens (including phenoxy) is 3. The van der Waals surface area contributed by atoms with Crippen LogP contribution in [0.4, 0.5) is 0 Å². The SMILES string of the molecule is CCO/C=C\C(=O)CCCOc1ccc(OC)cc1. The van der Waals surface area contributed by atoms with Gasteiger partial charge in [-0.2, -0.15) is 0 Å². The molecule has 0 atom stereocenters. The van der Waals surface area contributed by atoms with Gasteiger partial charge in [0.2, 0.25) is 0 Å². The molecule has 0 spiro atoms. The van der Waals surface area contributed by atoms with Crippen LogP contribution < -0.4 is 9.47 Å². The summed E-state index contributed by atoms with van der Waals surface area (Å²) in [4.78, 5) is 11.4. The largest absolute Gasteiger partial charge is 0.501 e. The molecule has 0 aliphatic heterocycles. The Kier molecular flexibility index (Phi) is 7.17. The van der Waals surface area contributed by atoms with E-state index in [0.29, 0.717) is 26.1 Å². The van der Waals surface area contributed by atoms with Crippen molar-refractivity contribution in [3.8, 4) is 11.5 Å². The quantitative estimate of drug-likeness (QED) is 0.391. The Bertz CT molecular complexity index is 395. The fourth-order valence-electron chi connectivity index (χ4n) is 1.41. The highest BCUT2D eigenvalue weighted by Gasteiger charge is 1.99. The van der Waals surface area contributed by atoms with Crippen LogP contribution in [0.2, 0.25) is 0 Å². The molecule has 0 bridgehead atoms. The molecule has 0 N–H and O–H groups in total. The Hall–Kier alpha value is -1.97. The number of hydrogen-bond donors (Lipinski definition) is 0. The van der Waals surface area contributed by atoms with Crippen molar-refractivity contribution in [2.75, 3.05) is 20.3 Å². The van der Waals surface area contributed by atoms with Crippen LogP contribution in [0.5, 0.6) is 11.5 Å². The van der Waals surface area contributed by atoms with E-state index in [-0.39, 0.29) is 5.78 Å². The average molecular weight is 264 g/mol. The van der Waals surface area contributed by atoms with Gasteiger partial charge in [0.25, 0.3) is 0 Å². The zero-order valence-corrected chi connectivity index (χ0v) is 11.4. The summed E-state index contributed by atoms with van der Waals surface area (Å²) in [5, 5.41) is 0. The molecule has 1 rings (SSSR count). The minimum Gasteiger partial charge on any atom is -0.501 e. The normalized spacial score (nSPS) is 10.4. The fourth-order valence-corrected chi connectivity index (χ4v) is 1.41. The molecule has 0 radical (unpaired) electrons. The van der Waals surface area contributed by atoms with Gasteiger partial charge >= 0.3 is 0 Å². The number of benzene rings is 1. The van der Waals surface area contributed by atoms with E-state index in [1.54, 1.807) is 7.11 Å². The van der Waals surface area contributed by atoms with Gasteiger partial charge in [-0.1, -0.05) is 0 Å². The average Bonchev–Trinajstić information content (AvgIpc) is 2.44. The molecule has 0 saturated carbocycles. The van der Waals surface area contributed by atoms with Gasteiger partial charge in [-0.15, -0.1) is 0 Å². The van der Waals surface area contributed by atoms with Crippen molar-refractivity contribution in [3.63, 3.8) is 0 Å². The molecule has 4 nitrogen and oxygen atoms in total. The summed E-state index contributed by atoms with van der Waals surface area (Å²) in [7, 11) is 1.62. The third-order valence-corrected chi connectivity index (χ3v) is 2.41. The summed E-state index contributed by atoms with van der Waals surface area (Å²) >= 11 is 0. The Balaban J connectivity index is 2.17. The van der Waals surface area contributed by atoms with Crippen LogP contribution in [0.1, 0.15) is 19.8 Å². The molecule has 19 heavy (non-hydrogen) atoms. The predicted molar refractivity (Wildman–Crippen MR) is 73.5 cm³/mol. The summed E-state index contributed by atoms with van der Waals surface area (Å²) in [6, 6.07) is 7.36. The first-order valence-corrected chi connectivity index (χ1v) is 6.34. The number of carbonyl (C=O) groups excluding carboxylic acids is 1. The van der Waals surface area contributed by atoms with Crippen LogP contribution in [-0.4, -0.2) is 26.1 Å². The molecule has 4 heteroatoms. The van der Waals surface area contributed by atoms with Crippen LogP contribution in [0.3, 0.4) is 0 Å². The van der Waals surface area contributed by atoms with E-state index in [9.17, 15) is 4.79 Å². The van der Waals surface area contributed by atoms with Crippen molar-refractivity contribution in [2.45, 2.75) is 19.8 Å². The van der Waals surface area contributed by atoms with Gasteiger partial charge in [0.15, 0.2) is 5.78 Å². The van der Waals surface area contributed by atoms with E-state index in [2.05, 4.69) is 0 Å². The molecular formula is C15H20O4. The van der Waals surface area contributed by atoms with E-state index < -0.39 is 0 Å². The van der Waals surface area contributed by atoms with Crippen molar-refractivity contribution in [3.05, 3.63) is 36.6 Å². The molecule has 0 aromatic heterocycles. The third-order valence-electron chi connectivity index (χ3n) is 2.41. The molecule has 0 saturated heterocycles. The molecule has 0 aliphatic carbocycles. The highest BCUT2D eigenvalue weighted by atomic mass is 16.5. The van der Waals surface area contributed by atoms with Gasteiger partial charge in [0.1, 0.15) is 11.5 Å². The molecule has 0 aliphatic rings. The minimum atomic E-state index is 0.0479. The molecule has 0 fully saturated rings. The Morgan fingerprint density at radius 3 is 2.53 bits per heavy atom. The summed E-state index contributed by atoms with van der Waals surface area (Å²) in [6.07, 6.45) is 4.03. The number of methoxy groups -OCH3 is 1. The zero-order valence-electron chi connectivity index (χ0n) is 11.4. The Morgan fingerprint density at radius 1 is 1.21 bits per heavy atom. The van der Waals surface area contributed by atoms with Crippen LogP contribution in [0, 0.1) is 0 Å². The Labute approximate surface area is 114 Å². The van der Waals surface area contributed by atoms with Crippen LogP contribution in [0.15, 0.2) is 36.6 Å². The van der Waals surface area contributed by atoms with Crippen molar-refractivity contribution in [1.82, 2.24) is 0 Å². The molecular weight excluding hydrogens is 244 g/mol. The first-order valence-electron chi connectivity index (χ1n) is 6.34. The van der Waals surface area contributed by atoms with Gasteiger partial charge in [0.05, 0.1) is 26.6 Å². The van der Waals surface area contributed by atoms with Gasteiger partial charge in [-0.25, -0.2) is 0 Å². The fraction of sp³-hybridized carbons (Fsp3) is 0.400. The third kappa shape index (κ3) is 6.50. The highest BCUT2D eigenvalue weighted by Crippen LogP contribution is 2.17. The first-order chi connectivity index (χ1) is 9.26. The zero-order chi connectivity index (χ0) is 13.9. The number of rotatable bonds is 9. The summed E-state index contributed by atoms with van der Waals surface area (Å²) in [5.41, 5.74) is 0. The van der Waals surface area contributed by atoms with E-state index in [1.807, 2.05) is 31.2 Å². The highest BCUT2D eigenvalue weighted by molar-refractivity contribution is 5.89. The summed E-state index contributed by atoms with van der Waals surface area (Å²) in [5.74, 6) is 1.62. The topological polar surface area (TPSA) is 44.8 Å². The molecule has 0 heterocycles. The second-order valence-corrected chi connectivity index (χ2v) is 3.85. The monoisotopic (exact) mass is 264 g/mol. The van der Waals surface area contributed by atoms with Gasteiger partial charge < -0.3 is 14.2 Å². The summed E-state index contributed by atoms with van der Waals surface area (Å²) < 4.78 is 15.5. The van der Waals surface area contributed by atoms with E-state index >= 15 is 0 Å². The second-order valence-electron chi connectivity index (χ2n) is 3.85. The molecule has 0 unspecified atom stereocenters. The maximum Gasteiger partial charge on any atom is 0.158 e. The number of carbonyl (C=O) groups is 1. The smallest absolute Gasteiger partial charge is 0.158 e. The van der Waals surface area contributed by atoms with Gasteiger partial charge in [-0.3, -0.25) is 4.79 Å². The maximum atomic E-state index is 11.4. The molecule has 0 amide bonds. The van der Waals surface area contributed by atoms with Crippen molar-refractivity contribution >= 4 is 5.78 Å². The van der Waals surface area contributed by atoms with Crippen LogP contribution >= 0.6 is 0 Å². The Morgan fingerprint density at radius 2 is 1.89 bits per heavy atom.